The van der Waals surface area contributed by atoms with Gasteiger partial charge in [0.1, 0.15) is 12.4 Å². The van der Waals surface area contributed by atoms with Crippen LogP contribution in [-0.2, 0) is 19.6 Å². The number of nitrogens with one attached hydrogen (secondary N) is 1. The van der Waals surface area contributed by atoms with Crippen molar-refractivity contribution >= 4 is 0 Å². The Morgan fingerprint density at radius 1 is 1.25 bits per heavy atom. The van der Waals surface area contributed by atoms with E-state index in [1.807, 2.05) is 26.1 Å². The van der Waals surface area contributed by atoms with Crippen LogP contribution in [0.15, 0.2) is 36.4 Å². The lowest BCUT2D eigenvalue weighted by Crippen LogP contribution is -2.07. The van der Waals surface area contributed by atoms with Gasteiger partial charge in [-0.15, -0.1) is 0 Å². The van der Waals surface area contributed by atoms with E-state index in [4.69, 9.17) is 4.74 Å². The summed E-state index contributed by atoms with van der Waals surface area (Å²) >= 11 is 0. The lowest BCUT2D eigenvalue weighted by atomic mass is 10.2. The lowest BCUT2D eigenvalue weighted by Gasteiger charge is -2.10. The Hall–Kier alpha value is -1.94. The zero-order valence-electron chi connectivity index (χ0n) is 11.8. The number of rotatable bonds is 6. The predicted molar refractivity (Wildman–Crippen MR) is 77.1 cm³/mol. The molecule has 4 heteroatoms. The molecule has 1 aromatic carbocycles. The summed E-state index contributed by atoms with van der Waals surface area (Å²) < 4.78 is 19.2. The average molecular weight is 274 g/mol. The van der Waals surface area contributed by atoms with Gasteiger partial charge in [-0.3, -0.25) is 0 Å². The minimum atomic E-state index is -0.255. The second-order valence-corrected chi connectivity index (χ2v) is 4.57. The van der Waals surface area contributed by atoms with Crippen LogP contribution in [0.5, 0.6) is 5.88 Å². The van der Waals surface area contributed by atoms with Crippen LogP contribution < -0.4 is 10.1 Å². The van der Waals surface area contributed by atoms with Crippen molar-refractivity contribution in [3.63, 3.8) is 0 Å². The molecule has 2 rings (SSSR count). The van der Waals surface area contributed by atoms with Gasteiger partial charge in [0.25, 0.3) is 0 Å². The van der Waals surface area contributed by atoms with E-state index >= 15 is 0 Å². The first-order chi connectivity index (χ1) is 9.72. The first-order valence-electron chi connectivity index (χ1n) is 6.73. The van der Waals surface area contributed by atoms with Crippen molar-refractivity contribution in [1.29, 1.82) is 0 Å². The molecule has 3 nitrogen and oxygen atoms in total. The molecule has 0 aliphatic rings. The molecule has 20 heavy (non-hydrogen) atoms. The van der Waals surface area contributed by atoms with Crippen molar-refractivity contribution in [3.8, 4) is 5.88 Å². The van der Waals surface area contributed by atoms with Gasteiger partial charge in [-0.1, -0.05) is 25.1 Å². The highest BCUT2D eigenvalue weighted by Gasteiger charge is 2.05. The molecule has 0 unspecified atom stereocenters. The van der Waals surface area contributed by atoms with Crippen molar-refractivity contribution in [2.45, 2.75) is 26.5 Å². The third-order valence-electron chi connectivity index (χ3n) is 2.99. The van der Waals surface area contributed by atoms with Crippen LogP contribution in [0, 0.1) is 5.82 Å². The van der Waals surface area contributed by atoms with Crippen molar-refractivity contribution in [2.24, 2.45) is 0 Å². The molecule has 1 aromatic heterocycles. The monoisotopic (exact) mass is 274 g/mol. The molecule has 1 heterocycles. The van der Waals surface area contributed by atoms with Gasteiger partial charge < -0.3 is 10.1 Å². The fourth-order valence-electron chi connectivity index (χ4n) is 1.95. The summed E-state index contributed by atoms with van der Waals surface area (Å²) in [4.78, 5) is 4.41. The van der Waals surface area contributed by atoms with E-state index in [0.717, 1.165) is 24.2 Å². The third kappa shape index (κ3) is 3.78. The molecule has 0 radical (unpaired) electrons. The summed E-state index contributed by atoms with van der Waals surface area (Å²) in [6, 6.07) is 10.5. The number of aryl methyl sites for hydroxylation is 1. The van der Waals surface area contributed by atoms with E-state index in [1.165, 1.54) is 6.07 Å². The second kappa shape index (κ2) is 7.01. The molecule has 106 valence electrons. The van der Waals surface area contributed by atoms with Gasteiger partial charge in [0, 0.05) is 23.9 Å². The summed E-state index contributed by atoms with van der Waals surface area (Å²) in [6.07, 6.45) is 0.841. The van der Waals surface area contributed by atoms with Gasteiger partial charge in [0.2, 0.25) is 5.88 Å². The molecule has 1 N–H and O–H groups in total. The summed E-state index contributed by atoms with van der Waals surface area (Å²) in [7, 11) is 1.89. The van der Waals surface area contributed by atoms with Gasteiger partial charge in [-0.25, -0.2) is 9.37 Å². The minimum absolute atomic E-state index is 0.186. The fraction of sp³-hybridized carbons (Fsp3) is 0.312. The Balaban J connectivity index is 2.12. The smallest absolute Gasteiger partial charge is 0.214 e. The molecule has 0 saturated carbocycles. The Labute approximate surface area is 118 Å². The van der Waals surface area contributed by atoms with Gasteiger partial charge in [0.15, 0.2) is 0 Å². The molecule has 0 atom stereocenters. The topological polar surface area (TPSA) is 34.1 Å². The van der Waals surface area contributed by atoms with Crippen LogP contribution in [0.2, 0.25) is 0 Å². The van der Waals surface area contributed by atoms with Gasteiger partial charge >= 0.3 is 0 Å². The van der Waals surface area contributed by atoms with Crippen LogP contribution >= 0.6 is 0 Å². The molecule has 0 bridgehead atoms. The van der Waals surface area contributed by atoms with E-state index < -0.39 is 0 Å². The van der Waals surface area contributed by atoms with Gasteiger partial charge in [0.05, 0.1) is 0 Å². The Morgan fingerprint density at radius 3 is 2.75 bits per heavy atom. The van der Waals surface area contributed by atoms with Crippen LogP contribution in [0.4, 0.5) is 4.39 Å². The number of pyridine rings is 1. The van der Waals surface area contributed by atoms with E-state index in [0.29, 0.717) is 11.4 Å². The zero-order chi connectivity index (χ0) is 14.4. The number of hydrogen-bond donors (Lipinski definition) is 1. The van der Waals surface area contributed by atoms with Crippen molar-refractivity contribution < 1.29 is 9.13 Å². The number of halogens is 1. The molecule has 0 spiro atoms. The average Bonchev–Trinajstić information content (AvgIpc) is 2.46. The Morgan fingerprint density at radius 2 is 2.05 bits per heavy atom. The molecule has 2 aromatic rings. The van der Waals surface area contributed by atoms with Crippen molar-refractivity contribution in [2.75, 3.05) is 7.05 Å². The van der Waals surface area contributed by atoms with Crippen LogP contribution in [0.25, 0.3) is 0 Å². The first kappa shape index (κ1) is 14.5. The van der Waals surface area contributed by atoms with Crippen LogP contribution in [0.3, 0.4) is 0 Å². The molecule has 0 fully saturated rings. The molecule has 0 aliphatic carbocycles. The number of hydrogen-bond acceptors (Lipinski definition) is 3. The first-order valence-corrected chi connectivity index (χ1v) is 6.73. The maximum atomic E-state index is 13.5. The predicted octanol–water partition coefficient (Wildman–Crippen LogP) is 3.08. The summed E-state index contributed by atoms with van der Waals surface area (Å²) in [5, 5.41) is 3.10. The SMILES string of the molecule is CCc1cc(CNC)cc(OCc2ccccc2F)n1. The highest BCUT2D eigenvalue weighted by atomic mass is 19.1. The van der Waals surface area contributed by atoms with E-state index in [2.05, 4.69) is 10.3 Å². The second-order valence-electron chi connectivity index (χ2n) is 4.57. The largest absolute Gasteiger partial charge is 0.473 e. The fourth-order valence-corrected chi connectivity index (χ4v) is 1.95. The number of aromatic nitrogens is 1. The van der Waals surface area contributed by atoms with E-state index in [1.54, 1.807) is 18.2 Å². The number of benzene rings is 1. The summed E-state index contributed by atoms with van der Waals surface area (Å²) in [6.45, 7) is 2.99. The number of nitrogens with zero attached hydrogens (tertiary/aromatic N) is 1. The van der Waals surface area contributed by atoms with E-state index in [-0.39, 0.29) is 12.4 Å². The normalized spacial score (nSPS) is 10.6. The standard InChI is InChI=1S/C16H19FN2O/c1-3-14-8-12(10-18-2)9-16(19-14)20-11-13-6-4-5-7-15(13)17/h4-9,18H,3,10-11H2,1-2H3. The Kier molecular flexibility index (Phi) is 5.07. The third-order valence-corrected chi connectivity index (χ3v) is 2.99. The molecule has 0 saturated heterocycles. The molecule has 0 amide bonds. The van der Waals surface area contributed by atoms with Crippen molar-refractivity contribution in [1.82, 2.24) is 10.3 Å². The quantitative estimate of drug-likeness (QED) is 0.879. The molecular weight excluding hydrogens is 255 g/mol. The highest BCUT2D eigenvalue weighted by molar-refractivity contribution is 5.26. The van der Waals surface area contributed by atoms with Gasteiger partial charge in [-0.2, -0.15) is 0 Å². The van der Waals surface area contributed by atoms with Crippen LogP contribution in [-0.4, -0.2) is 12.0 Å². The lowest BCUT2D eigenvalue weighted by molar-refractivity contribution is 0.287. The maximum absolute atomic E-state index is 13.5. The van der Waals surface area contributed by atoms with Gasteiger partial charge in [-0.05, 0) is 31.2 Å². The molecule has 0 aliphatic heterocycles. The Bertz CT molecular complexity index is 572. The van der Waals surface area contributed by atoms with Crippen molar-refractivity contribution in [3.05, 3.63) is 59.0 Å². The van der Waals surface area contributed by atoms with Crippen LogP contribution in [0.1, 0.15) is 23.7 Å². The zero-order valence-corrected chi connectivity index (χ0v) is 11.8. The minimum Gasteiger partial charge on any atom is -0.473 e. The number of ether oxygens (including phenoxy) is 1. The summed E-state index contributed by atoms with van der Waals surface area (Å²) in [5.41, 5.74) is 2.62. The summed E-state index contributed by atoms with van der Waals surface area (Å²) in [5.74, 6) is 0.285. The maximum Gasteiger partial charge on any atom is 0.214 e. The van der Waals surface area contributed by atoms with E-state index in [9.17, 15) is 4.39 Å². The molecular formula is C16H19FN2O. The highest BCUT2D eigenvalue weighted by Crippen LogP contribution is 2.16.